The summed E-state index contributed by atoms with van der Waals surface area (Å²) in [7, 11) is 0. The number of urea groups is 1. The first-order valence-corrected chi connectivity index (χ1v) is 7.66. The summed E-state index contributed by atoms with van der Waals surface area (Å²) in [6.07, 6.45) is -0.607. The fourth-order valence-corrected chi connectivity index (χ4v) is 3.20. The van der Waals surface area contributed by atoms with Crippen LogP contribution in [0.4, 0.5) is 18.0 Å². The average molecular weight is 308 g/mol. The van der Waals surface area contributed by atoms with E-state index in [1.807, 2.05) is 0 Å². The minimum Gasteiger partial charge on any atom is -0.393 e. The first-order valence-electron chi connectivity index (χ1n) is 7.66. The number of alkyl halides is 3. The van der Waals surface area contributed by atoms with Gasteiger partial charge in [-0.25, -0.2) is 4.79 Å². The van der Waals surface area contributed by atoms with Gasteiger partial charge in [0.2, 0.25) is 0 Å². The fourth-order valence-electron chi connectivity index (χ4n) is 3.20. The summed E-state index contributed by atoms with van der Waals surface area (Å²) in [6.45, 7) is 0. The quantitative estimate of drug-likeness (QED) is 0.734. The molecule has 0 aromatic heterocycles. The molecule has 0 saturated heterocycles. The van der Waals surface area contributed by atoms with E-state index in [0.717, 1.165) is 12.8 Å². The second-order valence-corrected chi connectivity index (χ2v) is 6.21. The highest BCUT2D eigenvalue weighted by atomic mass is 19.4. The topological polar surface area (TPSA) is 61.4 Å². The molecule has 0 aromatic rings. The molecule has 0 bridgehead atoms. The van der Waals surface area contributed by atoms with Crippen molar-refractivity contribution < 1.29 is 23.1 Å². The lowest BCUT2D eigenvalue weighted by Gasteiger charge is -2.31. The van der Waals surface area contributed by atoms with Gasteiger partial charge in [-0.2, -0.15) is 13.2 Å². The van der Waals surface area contributed by atoms with Crippen LogP contribution < -0.4 is 10.6 Å². The summed E-state index contributed by atoms with van der Waals surface area (Å²) >= 11 is 0. The summed E-state index contributed by atoms with van der Waals surface area (Å²) < 4.78 is 37.7. The van der Waals surface area contributed by atoms with Crippen molar-refractivity contribution in [2.45, 2.75) is 75.7 Å². The molecule has 21 heavy (non-hydrogen) atoms. The number of carbonyl (C=O) groups is 1. The van der Waals surface area contributed by atoms with E-state index in [9.17, 15) is 23.1 Å². The van der Waals surface area contributed by atoms with E-state index in [-0.39, 0.29) is 37.1 Å². The number of aliphatic hydroxyl groups is 1. The number of aliphatic hydroxyl groups excluding tert-OH is 1. The maximum absolute atomic E-state index is 12.6. The summed E-state index contributed by atoms with van der Waals surface area (Å²) in [5, 5.41) is 15.0. The van der Waals surface area contributed by atoms with Gasteiger partial charge in [-0.15, -0.1) is 0 Å². The number of halogens is 3. The largest absolute Gasteiger partial charge is 0.393 e. The van der Waals surface area contributed by atoms with Crippen LogP contribution in [0.15, 0.2) is 0 Å². The van der Waals surface area contributed by atoms with E-state index in [4.69, 9.17) is 0 Å². The predicted molar refractivity (Wildman–Crippen MR) is 71.7 cm³/mol. The molecule has 2 saturated carbocycles. The van der Waals surface area contributed by atoms with Gasteiger partial charge in [-0.05, 0) is 51.4 Å². The van der Waals surface area contributed by atoms with Crippen LogP contribution in [-0.2, 0) is 0 Å². The summed E-state index contributed by atoms with van der Waals surface area (Å²) in [5.74, 6) is -1.22. The van der Waals surface area contributed by atoms with Gasteiger partial charge in [0.15, 0.2) is 0 Å². The van der Waals surface area contributed by atoms with Crippen molar-refractivity contribution >= 4 is 6.03 Å². The van der Waals surface area contributed by atoms with Crippen molar-refractivity contribution in [3.63, 3.8) is 0 Å². The number of hydrogen-bond donors (Lipinski definition) is 3. The molecule has 0 atom stereocenters. The third-order valence-electron chi connectivity index (χ3n) is 4.56. The highest BCUT2D eigenvalue weighted by Crippen LogP contribution is 2.37. The van der Waals surface area contributed by atoms with Crippen molar-refractivity contribution in [2.75, 3.05) is 0 Å². The second kappa shape index (κ2) is 6.85. The van der Waals surface area contributed by atoms with E-state index in [1.54, 1.807) is 0 Å². The molecule has 0 spiro atoms. The molecule has 2 amide bonds. The predicted octanol–water partition coefficient (Wildman–Crippen LogP) is 2.71. The molecule has 0 radical (unpaired) electrons. The van der Waals surface area contributed by atoms with Gasteiger partial charge in [0.1, 0.15) is 0 Å². The summed E-state index contributed by atoms with van der Waals surface area (Å²) in [5.41, 5.74) is 0. The van der Waals surface area contributed by atoms with Crippen LogP contribution in [0.1, 0.15) is 51.4 Å². The maximum Gasteiger partial charge on any atom is 0.391 e. The zero-order valence-electron chi connectivity index (χ0n) is 12.0. The lowest BCUT2D eigenvalue weighted by Crippen LogP contribution is -2.48. The number of hydrogen-bond acceptors (Lipinski definition) is 2. The summed E-state index contributed by atoms with van der Waals surface area (Å²) in [6, 6.07) is -0.412. The van der Waals surface area contributed by atoms with E-state index in [0.29, 0.717) is 25.7 Å². The molecule has 0 aromatic carbocycles. The molecular formula is C14H23F3N2O2. The fraction of sp³-hybridized carbons (Fsp3) is 0.929. The Labute approximate surface area is 122 Å². The van der Waals surface area contributed by atoms with E-state index in [1.165, 1.54) is 0 Å². The lowest BCUT2D eigenvalue weighted by molar-refractivity contribution is -0.182. The number of nitrogens with one attached hydrogen (secondary N) is 2. The molecule has 2 aliphatic rings. The van der Waals surface area contributed by atoms with Crippen LogP contribution in [0.3, 0.4) is 0 Å². The van der Waals surface area contributed by atoms with Gasteiger partial charge in [-0.1, -0.05) is 0 Å². The molecule has 4 nitrogen and oxygen atoms in total. The Morgan fingerprint density at radius 2 is 1.29 bits per heavy atom. The van der Waals surface area contributed by atoms with Crippen molar-refractivity contribution in [3.8, 4) is 0 Å². The van der Waals surface area contributed by atoms with E-state index in [2.05, 4.69) is 10.6 Å². The normalized spacial score (nSPS) is 34.3. The Kier molecular flexibility index (Phi) is 5.35. The number of carbonyl (C=O) groups excluding carboxylic acids is 1. The monoisotopic (exact) mass is 308 g/mol. The van der Waals surface area contributed by atoms with Crippen LogP contribution in [0, 0.1) is 5.92 Å². The van der Waals surface area contributed by atoms with Crippen molar-refractivity contribution in [1.82, 2.24) is 10.6 Å². The maximum atomic E-state index is 12.6. The minimum atomic E-state index is -4.11. The minimum absolute atomic E-state index is 0.0555. The van der Waals surface area contributed by atoms with Gasteiger partial charge in [0.05, 0.1) is 12.0 Å². The molecule has 7 heteroatoms. The Bertz CT molecular complexity index is 347. The van der Waals surface area contributed by atoms with Gasteiger partial charge in [0.25, 0.3) is 0 Å². The highest BCUT2D eigenvalue weighted by molar-refractivity contribution is 5.74. The van der Waals surface area contributed by atoms with Gasteiger partial charge in [-0.3, -0.25) is 0 Å². The number of rotatable bonds is 2. The van der Waals surface area contributed by atoms with Crippen LogP contribution >= 0.6 is 0 Å². The SMILES string of the molecule is O=C(NC1CCC(O)CC1)NC1CCC(C(F)(F)F)CC1. The van der Waals surface area contributed by atoms with Crippen molar-refractivity contribution in [2.24, 2.45) is 5.92 Å². The molecule has 0 heterocycles. The van der Waals surface area contributed by atoms with E-state index < -0.39 is 12.1 Å². The Morgan fingerprint density at radius 3 is 1.71 bits per heavy atom. The highest BCUT2D eigenvalue weighted by Gasteiger charge is 2.41. The van der Waals surface area contributed by atoms with Gasteiger partial charge in [0, 0.05) is 12.1 Å². The summed E-state index contributed by atoms with van der Waals surface area (Å²) in [4.78, 5) is 11.8. The van der Waals surface area contributed by atoms with Gasteiger partial charge < -0.3 is 15.7 Å². The standard InChI is InChI=1S/C14H23F3N2O2/c15-14(16,17)9-1-3-10(4-2-9)18-13(21)19-11-5-7-12(20)8-6-11/h9-12,20H,1-8H2,(H2,18,19,21). The Hall–Kier alpha value is -0.980. The Balaban J connectivity index is 1.67. The van der Waals surface area contributed by atoms with Gasteiger partial charge >= 0.3 is 12.2 Å². The first kappa shape index (κ1) is 16.4. The third-order valence-corrected chi connectivity index (χ3v) is 4.56. The second-order valence-electron chi connectivity index (χ2n) is 6.21. The van der Waals surface area contributed by atoms with Crippen LogP contribution in [-0.4, -0.2) is 35.5 Å². The molecule has 2 rings (SSSR count). The van der Waals surface area contributed by atoms with E-state index >= 15 is 0 Å². The average Bonchev–Trinajstić information content (AvgIpc) is 2.41. The molecule has 122 valence electrons. The van der Waals surface area contributed by atoms with Crippen LogP contribution in [0.25, 0.3) is 0 Å². The molecule has 0 aliphatic heterocycles. The molecule has 0 unspecified atom stereocenters. The molecule has 2 fully saturated rings. The third kappa shape index (κ3) is 5.05. The lowest BCUT2D eigenvalue weighted by atomic mass is 9.85. The molecular weight excluding hydrogens is 285 g/mol. The number of amides is 2. The Morgan fingerprint density at radius 1 is 0.857 bits per heavy atom. The molecule has 3 N–H and O–H groups in total. The van der Waals surface area contributed by atoms with Crippen LogP contribution in [0.5, 0.6) is 0 Å². The smallest absolute Gasteiger partial charge is 0.391 e. The van der Waals surface area contributed by atoms with Crippen molar-refractivity contribution in [1.29, 1.82) is 0 Å². The van der Waals surface area contributed by atoms with Crippen molar-refractivity contribution in [3.05, 3.63) is 0 Å². The first-order chi connectivity index (χ1) is 9.84. The molecule has 2 aliphatic carbocycles. The zero-order valence-corrected chi connectivity index (χ0v) is 12.0. The van der Waals surface area contributed by atoms with Crippen LogP contribution in [0.2, 0.25) is 0 Å². The zero-order chi connectivity index (χ0) is 15.5.